The number of benzene rings is 4. The summed E-state index contributed by atoms with van der Waals surface area (Å²) >= 11 is 6.36. The molecule has 0 amide bonds. The Morgan fingerprint density at radius 1 is 0.810 bits per heavy atom. The van der Waals surface area contributed by atoms with Crippen molar-refractivity contribution in [2.24, 2.45) is 9.98 Å². The van der Waals surface area contributed by atoms with Gasteiger partial charge in [-0.05, 0) is 65.9 Å². The Labute approximate surface area is 251 Å². The van der Waals surface area contributed by atoms with Gasteiger partial charge in [-0.3, -0.25) is 0 Å². The lowest BCUT2D eigenvalue weighted by molar-refractivity contribution is 0.589. The summed E-state index contributed by atoms with van der Waals surface area (Å²) < 4.78 is 1.95. The molecule has 1 atom stereocenters. The highest BCUT2D eigenvalue weighted by Crippen LogP contribution is 2.48. The average molecular weight is 571 g/mol. The van der Waals surface area contributed by atoms with E-state index in [1.807, 2.05) is 59.3 Å². The summed E-state index contributed by atoms with van der Waals surface area (Å²) in [6.45, 7) is 8.80. The van der Waals surface area contributed by atoms with Crippen LogP contribution in [0.4, 0.5) is 22.9 Å². The molecule has 7 heteroatoms. The van der Waals surface area contributed by atoms with Crippen LogP contribution in [-0.4, -0.2) is 21.5 Å². The maximum Gasteiger partial charge on any atom is 0.179 e. The van der Waals surface area contributed by atoms with Crippen LogP contribution < -0.4 is 10.2 Å². The Bertz CT molecular complexity index is 1860. The van der Waals surface area contributed by atoms with E-state index >= 15 is 0 Å². The topological polar surface area (TPSA) is 57.8 Å². The van der Waals surface area contributed by atoms with Gasteiger partial charge in [-0.15, -0.1) is 0 Å². The van der Waals surface area contributed by atoms with Crippen LogP contribution in [0.25, 0.3) is 5.69 Å². The summed E-state index contributed by atoms with van der Waals surface area (Å²) in [5.41, 5.74) is 8.17. The first-order chi connectivity index (χ1) is 20.3. The van der Waals surface area contributed by atoms with Crippen LogP contribution >= 0.6 is 11.6 Å². The number of nitrogens with one attached hydrogen (secondary N) is 1. The molecule has 2 aliphatic heterocycles. The van der Waals surface area contributed by atoms with E-state index in [1.54, 1.807) is 0 Å². The number of para-hydroxylation sites is 3. The summed E-state index contributed by atoms with van der Waals surface area (Å²) in [6.07, 6.45) is 0. The van der Waals surface area contributed by atoms with Crippen molar-refractivity contribution in [3.05, 3.63) is 131 Å². The monoisotopic (exact) mass is 570 g/mol. The van der Waals surface area contributed by atoms with Crippen molar-refractivity contribution < 1.29 is 0 Å². The smallest absolute Gasteiger partial charge is 0.179 e. The molecule has 0 bridgehead atoms. The number of nitrogens with zero attached hydrogens (tertiary/aromatic N) is 5. The lowest BCUT2D eigenvalue weighted by Crippen LogP contribution is -2.46. The van der Waals surface area contributed by atoms with Crippen LogP contribution in [0.2, 0.25) is 5.02 Å². The van der Waals surface area contributed by atoms with E-state index in [1.165, 1.54) is 5.56 Å². The van der Waals surface area contributed by atoms with Crippen LogP contribution in [-0.2, 0) is 5.41 Å². The number of anilines is 2. The zero-order chi connectivity index (χ0) is 29.0. The molecular formula is C35H31ClN6. The molecule has 1 aromatic heterocycles. The van der Waals surface area contributed by atoms with Crippen molar-refractivity contribution in [1.29, 1.82) is 0 Å². The third-order valence-electron chi connectivity index (χ3n) is 7.82. The van der Waals surface area contributed by atoms with E-state index in [0.29, 0.717) is 10.9 Å². The van der Waals surface area contributed by atoms with Crippen molar-refractivity contribution in [2.45, 2.75) is 39.2 Å². The minimum Gasteiger partial charge on any atom is -0.337 e. The van der Waals surface area contributed by atoms with Crippen molar-refractivity contribution in [3.8, 4) is 5.69 Å². The van der Waals surface area contributed by atoms with Gasteiger partial charge in [0.2, 0.25) is 0 Å². The molecule has 0 spiro atoms. The first-order valence-corrected chi connectivity index (χ1v) is 14.5. The number of fused-ring (bicyclic) bond motifs is 4. The van der Waals surface area contributed by atoms with E-state index in [9.17, 15) is 0 Å². The highest BCUT2D eigenvalue weighted by atomic mass is 35.5. The molecule has 6 nitrogen and oxygen atoms in total. The number of hydrogen-bond donors (Lipinski definition) is 1. The Morgan fingerprint density at radius 2 is 1.55 bits per heavy atom. The van der Waals surface area contributed by atoms with Crippen molar-refractivity contribution in [2.75, 3.05) is 10.2 Å². The normalized spacial score (nSPS) is 15.7. The summed E-state index contributed by atoms with van der Waals surface area (Å²) in [6, 6.07) is 34.9. The summed E-state index contributed by atoms with van der Waals surface area (Å²) in [7, 11) is 0. The molecule has 1 N–H and O–H groups in total. The molecule has 0 fully saturated rings. The highest BCUT2D eigenvalue weighted by molar-refractivity contribution is 6.51. The fourth-order valence-electron chi connectivity index (χ4n) is 5.73. The largest absolute Gasteiger partial charge is 0.337 e. The van der Waals surface area contributed by atoms with Crippen LogP contribution in [0.1, 0.15) is 49.2 Å². The van der Waals surface area contributed by atoms with E-state index < -0.39 is 0 Å². The van der Waals surface area contributed by atoms with Gasteiger partial charge in [0.15, 0.2) is 17.5 Å². The van der Waals surface area contributed by atoms with Crippen LogP contribution in [0.5, 0.6) is 0 Å². The number of aryl methyl sites for hydroxylation is 1. The Kier molecular flexibility index (Phi) is 6.24. The first kappa shape index (κ1) is 26.2. The molecule has 0 saturated heterocycles. The second-order valence-electron chi connectivity index (χ2n) is 11.7. The second-order valence-corrected chi connectivity index (χ2v) is 12.2. The fraction of sp³-hybridized carbons (Fsp3) is 0.171. The number of aromatic nitrogens is 2. The summed E-state index contributed by atoms with van der Waals surface area (Å²) in [5, 5.41) is 9.21. The quantitative estimate of drug-likeness (QED) is 0.235. The van der Waals surface area contributed by atoms with Gasteiger partial charge in [-0.25, -0.2) is 14.7 Å². The third-order valence-corrected chi connectivity index (χ3v) is 8.05. The molecule has 5 aromatic rings. The van der Waals surface area contributed by atoms with Gasteiger partial charge in [-0.2, -0.15) is 5.10 Å². The minimum absolute atomic E-state index is 0.0510. The molecule has 3 heterocycles. The fourth-order valence-corrected chi connectivity index (χ4v) is 5.92. The molecule has 0 radical (unpaired) electrons. The Morgan fingerprint density at radius 3 is 2.29 bits per heavy atom. The van der Waals surface area contributed by atoms with Gasteiger partial charge < -0.3 is 10.2 Å². The predicted octanol–water partition coefficient (Wildman–Crippen LogP) is 8.93. The minimum atomic E-state index is -0.174. The number of hydrogen-bond acceptors (Lipinski definition) is 5. The lowest BCUT2D eigenvalue weighted by Gasteiger charge is -2.40. The zero-order valence-corrected chi connectivity index (χ0v) is 24.8. The van der Waals surface area contributed by atoms with E-state index in [4.69, 9.17) is 26.7 Å². The standard InChI is InChI=1S/C35H31ClN6/c1-22-30-31(23-17-19-24(20-18-23)35(2,3)4)41-29-16-9-8-15-28(29)38-32(37-26-12-10-11-25(36)21-26)34(41)39-33(30)42(40-22)27-13-6-5-7-14-27/h5-21,31H,1-4H3,(H,37,38)/t31-/m1/s1. The second kappa shape index (κ2) is 10.00. The predicted molar refractivity (Wildman–Crippen MR) is 173 cm³/mol. The molecule has 42 heavy (non-hydrogen) atoms. The van der Waals surface area contributed by atoms with Crippen molar-refractivity contribution in [3.63, 3.8) is 0 Å². The molecule has 0 aliphatic carbocycles. The molecule has 4 aromatic carbocycles. The van der Waals surface area contributed by atoms with Gasteiger partial charge >= 0.3 is 0 Å². The van der Waals surface area contributed by atoms with Crippen molar-refractivity contribution >= 4 is 46.2 Å². The average Bonchev–Trinajstić information content (AvgIpc) is 3.32. The van der Waals surface area contributed by atoms with E-state index in [-0.39, 0.29) is 11.5 Å². The third kappa shape index (κ3) is 4.48. The Hall–Kier alpha value is -4.68. The molecule has 2 aliphatic rings. The number of aliphatic imine (C=N–C) groups is 2. The van der Waals surface area contributed by atoms with Gasteiger partial charge in [-0.1, -0.05) is 93.0 Å². The SMILES string of the molecule is Cc1nn(-c2ccccc2)c2c1[C@@H](c1ccc(C(C)(C)C)cc1)N1C(=N2)C(Nc2cccc(Cl)c2)=Nc2ccccc21. The first-order valence-electron chi connectivity index (χ1n) is 14.1. The maximum atomic E-state index is 6.36. The molecule has 0 unspecified atom stereocenters. The van der Waals surface area contributed by atoms with Crippen LogP contribution in [0, 0.1) is 6.92 Å². The molecule has 0 saturated carbocycles. The molecule has 7 rings (SSSR count). The van der Waals surface area contributed by atoms with Crippen molar-refractivity contribution in [1.82, 2.24) is 9.78 Å². The number of halogens is 1. The maximum absolute atomic E-state index is 6.36. The van der Waals surface area contributed by atoms with Gasteiger partial charge in [0.25, 0.3) is 0 Å². The van der Waals surface area contributed by atoms with Gasteiger partial charge in [0.1, 0.15) is 0 Å². The number of rotatable bonds is 3. The highest BCUT2D eigenvalue weighted by Gasteiger charge is 2.41. The summed E-state index contributed by atoms with van der Waals surface area (Å²) in [4.78, 5) is 12.7. The van der Waals surface area contributed by atoms with Gasteiger partial charge in [0.05, 0.1) is 28.8 Å². The number of amidine groups is 2. The zero-order valence-electron chi connectivity index (χ0n) is 24.0. The Balaban J connectivity index is 1.48. The van der Waals surface area contributed by atoms with E-state index in [0.717, 1.165) is 51.2 Å². The van der Waals surface area contributed by atoms with Crippen LogP contribution in [0.15, 0.2) is 113 Å². The van der Waals surface area contributed by atoms with Crippen LogP contribution in [0.3, 0.4) is 0 Å². The van der Waals surface area contributed by atoms with Gasteiger partial charge in [0, 0.05) is 16.3 Å². The molecule has 208 valence electrons. The van der Waals surface area contributed by atoms with E-state index in [2.05, 4.69) is 86.4 Å². The molecular weight excluding hydrogens is 540 g/mol. The lowest BCUT2D eigenvalue weighted by atomic mass is 9.85. The summed E-state index contributed by atoms with van der Waals surface area (Å²) in [5.74, 6) is 2.18.